The molecule has 0 aliphatic carbocycles. The molecule has 0 aromatic heterocycles. The van der Waals surface area contributed by atoms with Crippen molar-refractivity contribution in [2.75, 3.05) is 20.1 Å². The lowest BCUT2D eigenvalue weighted by molar-refractivity contribution is 0.464. The number of nitrogens with one attached hydrogen (secondary N) is 1. The first-order chi connectivity index (χ1) is 8.04. The van der Waals surface area contributed by atoms with Crippen LogP contribution in [0.5, 0.6) is 0 Å². The molecule has 0 radical (unpaired) electrons. The van der Waals surface area contributed by atoms with Crippen LogP contribution in [0.4, 0.5) is 0 Å². The molecule has 2 rings (SSSR count). The summed E-state index contributed by atoms with van der Waals surface area (Å²) < 4.78 is 26.3. The molecule has 1 heterocycles. The number of hydrogen-bond acceptors (Lipinski definition) is 3. The quantitative estimate of drug-likeness (QED) is 0.874. The molecule has 1 atom stereocenters. The Hall–Kier alpha value is -0.910. The van der Waals surface area contributed by atoms with Gasteiger partial charge < -0.3 is 5.32 Å². The first-order valence-corrected chi connectivity index (χ1v) is 7.22. The Kier molecular flexibility index (Phi) is 3.51. The number of nitrogens with zero attached hydrogens (tertiary/aromatic N) is 1. The van der Waals surface area contributed by atoms with Crippen molar-refractivity contribution in [3.05, 3.63) is 29.8 Å². The van der Waals surface area contributed by atoms with Gasteiger partial charge in [0.2, 0.25) is 10.0 Å². The Morgan fingerprint density at radius 1 is 1.41 bits per heavy atom. The highest BCUT2D eigenvalue weighted by Gasteiger charge is 2.31. The van der Waals surface area contributed by atoms with Gasteiger partial charge in [0.05, 0.1) is 4.90 Å². The summed E-state index contributed by atoms with van der Waals surface area (Å²) in [6.07, 6.45) is 0.877. The zero-order chi connectivity index (χ0) is 12.5. The summed E-state index contributed by atoms with van der Waals surface area (Å²) in [7, 11) is -1.44. The fourth-order valence-electron chi connectivity index (χ4n) is 2.11. The Morgan fingerprint density at radius 2 is 2.18 bits per heavy atom. The number of likely N-dealkylation sites (N-methyl/N-ethyl adjacent to an activating group) is 1. The van der Waals surface area contributed by atoms with Gasteiger partial charge in [-0.1, -0.05) is 12.1 Å². The zero-order valence-corrected chi connectivity index (χ0v) is 11.0. The largest absolute Gasteiger partial charge is 0.316 e. The molecule has 1 aliphatic rings. The van der Waals surface area contributed by atoms with Crippen LogP contribution in [0.2, 0.25) is 0 Å². The van der Waals surface area contributed by atoms with Crippen molar-refractivity contribution >= 4 is 10.0 Å². The molecule has 1 aliphatic heterocycles. The maximum Gasteiger partial charge on any atom is 0.243 e. The minimum Gasteiger partial charge on any atom is -0.316 e. The van der Waals surface area contributed by atoms with Crippen molar-refractivity contribution < 1.29 is 8.42 Å². The standard InChI is InChI=1S/C12H18N2O2S/c1-10-4-3-5-12(8-10)17(15,16)14-7-6-11(9-14)13-2/h3-5,8,11,13H,6-7,9H2,1-2H3. The molecule has 0 amide bonds. The molecule has 1 aromatic carbocycles. The predicted molar refractivity (Wildman–Crippen MR) is 67.4 cm³/mol. The molecule has 17 heavy (non-hydrogen) atoms. The Bertz CT molecular complexity index is 499. The average Bonchev–Trinajstić information content (AvgIpc) is 2.78. The number of sulfonamides is 1. The normalized spacial score (nSPS) is 21.9. The van der Waals surface area contributed by atoms with E-state index in [1.165, 1.54) is 0 Å². The van der Waals surface area contributed by atoms with E-state index in [0.29, 0.717) is 18.0 Å². The molecule has 0 spiro atoms. The first-order valence-electron chi connectivity index (χ1n) is 5.78. The van der Waals surface area contributed by atoms with Gasteiger partial charge in [0, 0.05) is 19.1 Å². The summed E-state index contributed by atoms with van der Waals surface area (Å²) >= 11 is 0. The first kappa shape index (κ1) is 12.5. The monoisotopic (exact) mass is 254 g/mol. The molecule has 0 saturated carbocycles. The van der Waals surface area contributed by atoms with Gasteiger partial charge in [0.25, 0.3) is 0 Å². The summed E-state index contributed by atoms with van der Waals surface area (Å²) in [6, 6.07) is 7.35. The molecule has 1 unspecified atom stereocenters. The van der Waals surface area contributed by atoms with Crippen LogP contribution < -0.4 is 5.32 Å². The van der Waals surface area contributed by atoms with E-state index >= 15 is 0 Å². The van der Waals surface area contributed by atoms with Gasteiger partial charge in [0.15, 0.2) is 0 Å². The van der Waals surface area contributed by atoms with Crippen molar-refractivity contribution in [3.8, 4) is 0 Å². The number of benzene rings is 1. The van der Waals surface area contributed by atoms with E-state index in [2.05, 4.69) is 5.32 Å². The Labute approximate surface area is 103 Å². The van der Waals surface area contributed by atoms with Crippen molar-refractivity contribution in [2.24, 2.45) is 0 Å². The Balaban J connectivity index is 2.25. The lowest BCUT2D eigenvalue weighted by atomic mass is 10.2. The second-order valence-electron chi connectivity index (χ2n) is 4.45. The summed E-state index contributed by atoms with van der Waals surface area (Å²) in [6.45, 7) is 3.06. The van der Waals surface area contributed by atoms with Crippen LogP contribution in [-0.4, -0.2) is 38.9 Å². The SMILES string of the molecule is CNC1CCN(S(=O)(=O)c2cccc(C)c2)C1. The van der Waals surface area contributed by atoms with Crippen LogP contribution >= 0.6 is 0 Å². The second kappa shape index (κ2) is 4.76. The molecule has 94 valence electrons. The average molecular weight is 254 g/mol. The molecule has 1 N–H and O–H groups in total. The van der Waals surface area contributed by atoms with Gasteiger partial charge in [-0.25, -0.2) is 8.42 Å². The topological polar surface area (TPSA) is 49.4 Å². The van der Waals surface area contributed by atoms with Crippen LogP contribution in [-0.2, 0) is 10.0 Å². The summed E-state index contributed by atoms with van der Waals surface area (Å²) in [5, 5.41) is 3.12. The van der Waals surface area contributed by atoms with E-state index in [4.69, 9.17) is 0 Å². The predicted octanol–water partition coefficient (Wildman–Crippen LogP) is 0.977. The highest BCUT2D eigenvalue weighted by Crippen LogP contribution is 2.21. The van der Waals surface area contributed by atoms with Gasteiger partial charge >= 0.3 is 0 Å². The van der Waals surface area contributed by atoms with Crippen LogP contribution in [0, 0.1) is 6.92 Å². The van der Waals surface area contributed by atoms with Crippen molar-refractivity contribution in [2.45, 2.75) is 24.3 Å². The zero-order valence-electron chi connectivity index (χ0n) is 10.2. The van der Waals surface area contributed by atoms with Crippen LogP contribution in [0.25, 0.3) is 0 Å². The van der Waals surface area contributed by atoms with E-state index in [0.717, 1.165) is 12.0 Å². The van der Waals surface area contributed by atoms with Gasteiger partial charge in [-0.15, -0.1) is 0 Å². The third-order valence-electron chi connectivity index (χ3n) is 3.19. The molecule has 0 bridgehead atoms. The lowest BCUT2D eigenvalue weighted by Crippen LogP contribution is -2.33. The van der Waals surface area contributed by atoms with Crippen molar-refractivity contribution in [3.63, 3.8) is 0 Å². The molecule has 4 nitrogen and oxygen atoms in total. The highest BCUT2D eigenvalue weighted by atomic mass is 32.2. The van der Waals surface area contributed by atoms with E-state index in [9.17, 15) is 8.42 Å². The van der Waals surface area contributed by atoms with Crippen LogP contribution in [0.3, 0.4) is 0 Å². The van der Waals surface area contributed by atoms with Crippen molar-refractivity contribution in [1.29, 1.82) is 0 Å². The van der Waals surface area contributed by atoms with Gasteiger partial charge in [-0.3, -0.25) is 0 Å². The summed E-state index contributed by atoms with van der Waals surface area (Å²) in [5.41, 5.74) is 0.968. The highest BCUT2D eigenvalue weighted by molar-refractivity contribution is 7.89. The number of hydrogen-bond donors (Lipinski definition) is 1. The van der Waals surface area contributed by atoms with E-state index < -0.39 is 10.0 Å². The third kappa shape index (κ3) is 2.51. The second-order valence-corrected chi connectivity index (χ2v) is 6.39. The van der Waals surface area contributed by atoms with Gasteiger partial charge in [-0.05, 0) is 38.1 Å². The fourth-order valence-corrected chi connectivity index (χ4v) is 3.71. The summed E-state index contributed by atoms with van der Waals surface area (Å²) in [5.74, 6) is 0. The molecular formula is C12H18N2O2S. The van der Waals surface area contributed by atoms with Gasteiger partial charge in [0.1, 0.15) is 0 Å². The maximum absolute atomic E-state index is 12.3. The lowest BCUT2D eigenvalue weighted by Gasteiger charge is -2.16. The Morgan fingerprint density at radius 3 is 2.76 bits per heavy atom. The minimum absolute atomic E-state index is 0.273. The minimum atomic E-state index is -3.31. The molecule has 1 aromatic rings. The van der Waals surface area contributed by atoms with Crippen molar-refractivity contribution in [1.82, 2.24) is 9.62 Å². The van der Waals surface area contributed by atoms with Gasteiger partial charge in [-0.2, -0.15) is 4.31 Å². The molecular weight excluding hydrogens is 236 g/mol. The number of rotatable bonds is 3. The van der Waals surface area contributed by atoms with Crippen LogP contribution in [0.15, 0.2) is 29.2 Å². The fraction of sp³-hybridized carbons (Fsp3) is 0.500. The number of aryl methyl sites for hydroxylation is 1. The molecule has 5 heteroatoms. The van der Waals surface area contributed by atoms with E-state index in [1.807, 2.05) is 20.0 Å². The van der Waals surface area contributed by atoms with Crippen LogP contribution in [0.1, 0.15) is 12.0 Å². The van der Waals surface area contributed by atoms with E-state index in [1.54, 1.807) is 22.5 Å². The van der Waals surface area contributed by atoms with E-state index in [-0.39, 0.29) is 6.04 Å². The maximum atomic E-state index is 12.3. The molecule has 1 saturated heterocycles. The smallest absolute Gasteiger partial charge is 0.243 e. The summed E-state index contributed by atoms with van der Waals surface area (Å²) in [4.78, 5) is 0.397. The third-order valence-corrected chi connectivity index (χ3v) is 5.05. The molecule has 1 fully saturated rings.